The first kappa shape index (κ1) is 14.0. The molecule has 0 saturated carbocycles. The van der Waals surface area contributed by atoms with Gasteiger partial charge in [-0.2, -0.15) is 0 Å². The standard InChI is InChI=1S/C15H14BrFO2/c1-2-14(18)11-5-3-4-6-15(11)19-10-7-8-12(16)13(17)9-10/h3-9,14,18H,2H2,1H3. The first-order chi connectivity index (χ1) is 9.11. The Labute approximate surface area is 120 Å². The summed E-state index contributed by atoms with van der Waals surface area (Å²) in [6.07, 6.45) is 0.00576. The van der Waals surface area contributed by atoms with Crippen LogP contribution in [-0.2, 0) is 0 Å². The van der Waals surface area contributed by atoms with Crippen LogP contribution in [0.15, 0.2) is 46.9 Å². The van der Waals surface area contributed by atoms with Crippen LogP contribution >= 0.6 is 15.9 Å². The molecule has 1 unspecified atom stereocenters. The summed E-state index contributed by atoms with van der Waals surface area (Å²) < 4.78 is 19.5. The van der Waals surface area contributed by atoms with Gasteiger partial charge in [-0.3, -0.25) is 0 Å². The molecule has 2 aromatic rings. The fourth-order valence-electron chi connectivity index (χ4n) is 1.74. The lowest BCUT2D eigenvalue weighted by Gasteiger charge is -2.14. The SMILES string of the molecule is CCC(O)c1ccccc1Oc1ccc(Br)c(F)c1. The number of benzene rings is 2. The summed E-state index contributed by atoms with van der Waals surface area (Å²) in [6.45, 7) is 1.89. The predicted octanol–water partition coefficient (Wildman–Crippen LogP) is 4.82. The zero-order valence-electron chi connectivity index (χ0n) is 10.4. The number of hydrogen-bond acceptors (Lipinski definition) is 2. The van der Waals surface area contributed by atoms with E-state index in [1.54, 1.807) is 24.3 Å². The average molecular weight is 325 g/mol. The molecule has 100 valence electrons. The van der Waals surface area contributed by atoms with Gasteiger partial charge >= 0.3 is 0 Å². The number of aliphatic hydroxyl groups is 1. The molecular formula is C15H14BrFO2. The molecule has 0 aliphatic heterocycles. The molecule has 0 aliphatic rings. The van der Waals surface area contributed by atoms with Crippen LogP contribution < -0.4 is 4.74 Å². The molecule has 1 atom stereocenters. The Balaban J connectivity index is 2.30. The van der Waals surface area contributed by atoms with Crippen molar-refractivity contribution in [2.75, 3.05) is 0 Å². The topological polar surface area (TPSA) is 29.5 Å². The van der Waals surface area contributed by atoms with Crippen molar-refractivity contribution in [3.8, 4) is 11.5 Å². The summed E-state index contributed by atoms with van der Waals surface area (Å²) in [5.74, 6) is 0.557. The number of ether oxygens (including phenoxy) is 1. The van der Waals surface area contributed by atoms with Crippen molar-refractivity contribution in [2.45, 2.75) is 19.4 Å². The molecule has 4 heteroatoms. The summed E-state index contributed by atoms with van der Waals surface area (Å²) in [5, 5.41) is 9.93. The van der Waals surface area contributed by atoms with E-state index in [0.29, 0.717) is 28.0 Å². The fraction of sp³-hybridized carbons (Fsp3) is 0.200. The summed E-state index contributed by atoms with van der Waals surface area (Å²) in [5.41, 5.74) is 0.702. The molecule has 0 amide bonds. The van der Waals surface area contributed by atoms with Gasteiger partial charge in [-0.15, -0.1) is 0 Å². The Morgan fingerprint density at radius 1 is 1.26 bits per heavy atom. The van der Waals surface area contributed by atoms with Gasteiger partial charge in [-0.05, 0) is 40.5 Å². The van der Waals surface area contributed by atoms with Gasteiger partial charge in [-0.25, -0.2) is 4.39 Å². The third-order valence-electron chi connectivity index (χ3n) is 2.78. The van der Waals surface area contributed by atoms with Crippen LogP contribution in [0.25, 0.3) is 0 Å². The normalized spacial score (nSPS) is 12.2. The maximum atomic E-state index is 13.4. The fourth-order valence-corrected chi connectivity index (χ4v) is 1.98. The van der Waals surface area contributed by atoms with E-state index >= 15 is 0 Å². The molecular weight excluding hydrogens is 311 g/mol. The van der Waals surface area contributed by atoms with E-state index in [9.17, 15) is 9.50 Å². The second-order valence-corrected chi connectivity index (χ2v) is 4.99. The predicted molar refractivity (Wildman–Crippen MR) is 75.9 cm³/mol. The van der Waals surface area contributed by atoms with Crippen molar-refractivity contribution in [3.63, 3.8) is 0 Å². The molecule has 0 aromatic heterocycles. The Morgan fingerprint density at radius 3 is 2.68 bits per heavy atom. The number of para-hydroxylation sites is 1. The lowest BCUT2D eigenvalue weighted by molar-refractivity contribution is 0.170. The van der Waals surface area contributed by atoms with Crippen molar-refractivity contribution >= 4 is 15.9 Å². The van der Waals surface area contributed by atoms with E-state index in [2.05, 4.69) is 15.9 Å². The zero-order chi connectivity index (χ0) is 13.8. The quantitative estimate of drug-likeness (QED) is 0.873. The molecule has 0 saturated heterocycles. The van der Waals surface area contributed by atoms with Crippen LogP contribution in [0.5, 0.6) is 11.5 Å². The summed E-state index contributed by atoms with van der Waals surface area (Å²) in [7, 11) is 0. The highest BCUT2D eigenvalue weighted by Gasteiger charge is 2.12. The minimum Gasteiger partial charge on any atom is -0.457 e. The Morgan fingerprint density at radius 2 is 2.00 bits per heavy atom. The maximum Gasteiger partial charge on any atom is 0.141 e. The minimum atomic E-state index is -0.587. The van der Waals surface area contributed by atoms with Crippen molar-refractivity contribution in [2.24, 2.45) is 0 Å². The first-order valence-corrected chi connectivity index (χ1v) is 6.81. The van der Waals surface area contributed by atoms with Crippen LogP contribution in [-0.4, -0.2) is 5.11 Å². The third kappa shape index (κ3) is 3.33. The highest BCUT2D eigenvalue weighted by molar-refractivity contribution is 9.10. The molecule has 0 radical (unpaired) electrons. The van der Waals surface area contributed by atoms with Crippen molar-refractivity contribution in [1.29, 1.82) is 0 Å². The van der Waals surface area contributed by atoms with Gasteiger partial charge in [0.15, 0.2) is 0 Å². The Kier molecular flexibility index (Phi) is 4.56. The molecule has 2 rings (SSSR count). The summed E-state index contributed by atoms with van der Waals surface area (Å²) in [4.78, 5) is 0. The summed E-state index contributed by atoms with van der Waals surface area (Å²) in [6, 6.07) is 11.8. The highest BCUT2D eigenvalue weighted by Crippen LogP contribution is 2.32. The molecule has 0 fully saturated rings. The maximum absolute atomic E-state index is 13.4. The second-order valence-electron chi connectivity index (χ2n) is 4.14. The van der Waals surface area contributed by atoms with E-state index in [0.717, 1.165) is 0 Å². The van der Waals surface area contributed by atoms with E-state index in [1.807, 2.05) is 19.1 Å². The van der Waals surface area contributed by atoms with Gasteiger partial charge in [0.05, 0.1) is 10.6 Å². The van der Waals surface area contributed by atoms with Crippen LogP contribution in [0.3, 0.4) is 0 Å². The lowest BCUT2D eigenvalue weighted by atomic mass is 10.1. The monoisotopic (exact) mass is 324 g/mol. The number of halogens is 2. The van der Waals surface area contributed by atoms with E-state index < -0.39 is 6.10 Å². The van der Waals surface area contributed by atoms with Gasteiger partial charge < -0.3 is 9.84 Å². The molecule has 2 nitrogen and oxygen atoms in total. The van der Waals surface area contributed by atoms with Gasteiger partial charge in [0.1, 0.15) is 17.3 Å². The molecule has 0 heterocycles. The zero-order valence-corrected chi connectivity index (χ0v) is 12.0. The van der Waals surface area contributed by atoms with Gasteiger partial charge in [-0.1, -0.05) is 25.1 Å². The second kappa shape index (κ2) is 6.17. The Bertz CT molecular complexity index is 572. The average Bonchev–Trinajstić information content (AvgIpc) is 2.43. The lowest BCUT2D eigenvalue weighted by Crippen LogP contribution is -1.98. The number of hydrogen-bond donors (Lipinski definition) is 1. The van der Waals surface area contributed by atoms with E-state index in [1.165, 1.54) is 6.07 Å². The molecule has 0 bridgehead atoms. The first-order valence-electron chi connectivity index (χ1n) is 6.01. The molecule has 2 aromatic carbocycles. The molecule has 0 aliphatic carbocycles. The van der Waals surface area contributed by atoms with Crippen LogP contribution in [0.2, 0.25) is 0 Å². The van der Waals surface area contributed by atoms with Crippen molar-refractivity contribution < 1.29 is 14.2 Å². The van der Waals surface area contributed by atoms with Gasteiger partial charge in [0.25, 0.3) is 0 Å². The molecule has 19 heavy (non-hydrogen) atoms. The van der Waals surface area contributed by atoms with E-state index in [4.69, 9.17) is 4.74 Å². The Hall–Kier alpha value is -1.39. The van der Waals surface area contributed by atoms with Crippen molar-refractivity contribution in [1.82, 2.24) is 0 Å². The highest BCUT2D eigenvalue weighted by atomic mass is 79.9. The van der Waals surface area contributed by atoms with Gasteiger partial charge in [0, 0.05) is 11.6 Å². The van der Waals surface area contributed by atoms with Crippen LogP contribution in [0, 0.1) is 5.82 Å². The molecule has 1 N–H and O–H groups in total. The number of aliphatic hydroxyl groups excluding tert-OH is 1. The molecule has 0 spiro atoms. The number of rotatable bonds is 4. The van der Waals surface area contributed by atoms with Gasteiger partial charge in [0.2, 0.25) is 0 Å². The van der Waals surface area contributed by atoms with Crippen LogP contribution in [0.1, 0.15) is 25.0 Å². The third-order valence-corrected chi connectivity index (χ3v) is 3.43. The van der Waals surface area contributed by atoms with Crippen molar-refractivity contribution in [3.05, 3.63) is 58.3 Å². The smallest absolute Gasteiger partial charge is 0.141 e. The van der Waals surface area contributed by atoms with Crippen LogP contribution in [0.4, 0.5) is 4.39 Å². The summed E-state index contributed by atoms with van der Waals surface area (Å²) >= 11 is 3.09. The largest absolute Gasteiger partial charge is 0.457 e. The minimum absolute atomic E-state index is 0.383. The van der Waals surface area contributed by atoms with E-state index in [-0.39, 0.29) is 5.82 Å².